The average molecular weight is 455 g/mol. The molecule has 1 fully saturated rings. The highest BCUT2D eigenvalue weighted by Gasteiger charge is 2.24. The summed E-state index contributed by atoms with van der Waals surface area (Å²) in [6.45, 7) is 9.69. The molecular formula is C23H30N6O2S. The average Bonchev–Trinajstić information content (AvgIpc) is 3.21. The zero-order valence-electron chi connectivity index (χ0n) is 19.1. The second-order valence-electron chi connectivity index (χ2n) is 8.13. The molecule has 9 heteroatoms. The number of fused-ring (bicyclic) bond motifs is 1. The molecule has 1 aliphatic rings. The van der Waals surface area contributed by atoms with E-state index in [1.807, 2.05) is 20.1 Å². The molecule has 1 N–H and O–H groups in total. The lowest BCUT2D eigenvalue weighted by Gasteiger charge is -2.35. The van der Waals surface area contributed by atoms with Crippen LogP contribution in [0, 0.1) is 20.8 Å². The second kappa shape index (κ2) is 9.97. The smallest absolute Gasteiger partial charge is 0.253 e. The first kappa shape index (κ1) is 22.7. The number of nitrogens with zero attached hydrogens (tertiary/aromatic N) is 5. The first-order valence-electron chi connectivity index (χ1n) is 10.9. The number of carbonyl (C=O) groups is 1. The third-order valence-electron chi connectivity index (χ3n) is 5.96. The molecule has 3 heterocycles. The molecule has 0 aliphatic carbocycles. The Morgan fingerprint density at radius 2 is 2.00 bits per heavy atom. The summed E-state index contributed by atoms with van der Waals surface area (Å²) >= 11 is 1.48. The standard InChI is InChI=1S/C23H30N6O2S/c1-15-6-5-7-18(12-15)20(28-8-10-31-11-9-28)14-24-21(30)13-19-16(2)25-22-26-23(32-4)27-29(22)17(19)3/h5-7,12,20H,8-11,13-14H2,1-4H3,(H,24,30). The van der Waals surface area contributed by atoms with Crippen LogP contribution in [0.1, 0.15) is 34.1 Å². The molecule has 0 spiro atoms. The highest BCUT2D eigenvalue weighted by molar-refractivity contribution is 7.98. The van der Waals surface area contributed by atoms with E-state index >= 15 is 0 Å². The Morgan fingerprint density at radius 3 is 2.72 bits per heavy atom. The molecule has 1 amide bonds. The summed E-state index contributed by atoms with van der Waals surface area (Å²) in [5.74, 6) is 0.550. The van der Waals surface area contributed by atoms with Crippen molar-refractivity contribution in [3.05, 3.63) is 52.3 Å². The van der Waals surface area contributed by atoms with Gasteiger partial charge in [0.2, 0.25) is 11.1 Å². The van der Waals surface area contributed by atoms with Crippen molar-refractivity contribution in [3.63, 3.8) is 0 Å². The van der Waals surface area contributed by atoms with Gasteiger partial charge in [-0.05, 0) is 32.6 Å². The van der Waals surface area contributed by atoms with Crippen LogP contribution >= 0.6 is 11.8 Å². The quantitative estimate of drug-likeness (QED) is 0.549. The van der Waals surface area contributed by atoms with Gasteiger partial charge >= 0.3 is 0 Å². The number of aromatic nitrogens is 4. The molecule has 1 aromatic carbocycles. The normalized spacial score (nSPS) is 15.8. The second-order valence-corrected chi connectivity index (χ2v) is 8.90. The van der Waals surface area contributed by atoms with E-state index in [0.29, 0.717) is 17.5 Å². The van der Waals surface area contributed by atoms with Crippen LogP contribution in [-0.4, -0.2) is 69.5 Å². The fourth-order valence-corrected chi connectivity index (χ4v) is 4.53. The van der Waals surface area contributed by atoms with Crippen LogP contribution in [0.15, 0.2) is 29.4 Å². The first-order chi connectivity index (χ1) is 15.5. The van der Waals surface area contributed by atoms with Crippen LogP contribution < -0.4 is 5.32 Å². The van der Waals surface area contributed by atoms with Gasteiger partial charge in [0.1, 0.15) is 0 Å². The van der Waals surface area contributed by atoms with Crippen LogP contribution in [0.5, 0.6) is 0 Å². The maximum atomic E-state index is 13.0. The van der Waals surface area contributed by atoms with Gasteiger partial charge in [0, 0.05) is 36.6 Å². The summed E-state index contributed by atoms with van der Waals surface area (Å²) in [5, 5.41) is 8.32. The molecule has 1 aliphatic heterocycles. The fourth-order valence-electron chi connectivity index (χ4n) is 4.19. The predicted molar refractivity (Wildman–Crippen MR) is 125 cm³/mol. The highest BCUT2D eigenvalue weighted by atomic mass is 32.2. The van der Waals surface area contributed by atoms with E-state index in [9.17, 15) is 4.79 Å². The Kier molecular flexibility index (Phi) is 7.07. The van der Waals surface area contributed by atoms with E-state index in [2.05, 4.69) is 56.5 Å². The Hall–Kier alpha value is -2.49. The zero-order valence-corrected chi connectivity index (χ0v) is 19.9. The molecule has 2 aromatic heterocycles. The molecule has 0 bridgehead atoms. The number of amides is 1. The minimum absolute atomic E-state index is 0.0199. The summed E-state index contributed by atoms with van der Waals surface area (Å²) in [6, 6.07) is 8.63. The lowest BCUT2D eigenvalue weighted by molar-refractivity contribution is -0.120. The highest BCUT2D eigenvalue weighted by Crippen LogP contribution is 2.23. The molecule has 3 aromatic rings. The third-order valence-corrected chi connectivity index (χ3v) is 6.49. The molecule has 0 saturated carbocycles. The van der Waals surface area contributed by atoms with Gasteiger partial charge in [0.15, 0.2) is 0 Å². The topological polar surface area (TPSA) is 84.7 Å². The van der Waals surface area contributed by atoms with Gasteiger partial charge in [-0.3, -0.25) is 9.69 Å². The van der Waals surface area contributed by atoms with E-state index in [-0.39, 0.29) is 18.4 Å². The molecule has 1 atom stereocenters. The van der Waals surface area contributed by atoms with Crippen molar-refractivity contribution in [1.29, 1.82) is 0 Å². The summed E-state index contributed by atoms with van der Waals surface area (Å²) in [4.78, 5) is 24.3. The Labute approximate surface area is 192 Å². The van der Waals surface area contributed by atoms with Crippen LogP contribution in [0.3, 0.4) is 0 Å². The number of benzene rings is 1. The monoisotopic (exact) mass is 454 g/mol. The van der Waals surface area contributed by atoms with Crippen molar-refractivity contribution in [2.24, 2.45) is 0 Å². The minimum atomic E-state index is -0.0199. The van der Waals surface area contributed by atoms with Crippen LogP contribution in [-0.2, 0) is 16.0 Å². The Morgan fingerprint density at radius 1 is 1.22 bits per heavy atom. The maximum Gasteiger partial charge on any atom is 0.253 e. The van der Waals surface area contributed by atoms with Gasteiger partial charge in [-0.2, -0.15) is 4.98 Å². The van der Waals surface area contributed by atoms with Crippen molar-refractivity contribution in [2.45, 2.75) is 38.4 Å². The molecular weight excluding hydrogens is 424 g/mol. The number of ether oxygens (including phenoxy) is 1. The van der Waals surface area contributed by atoms with E-state index in [1.165, 1.54) is 22.9 Å². The number of morpholine rings is 1. The number of nitrogens with one attached hydrogen (secondary N) is 1. The number of carbonyl (C=O) groups excluding carboxylic acids is 1. The Balaban J connectivity index is 1.50. The summed E-state index contributed by atoms with van der Waals surface area (Å²) in [7, 11) is 0. The minimum Gasteiger partial charge on any atom is -0.379 e. The molecule has 170 valence electrons. The van der Waals surface area contributed by atoms with Crippen molar-refractivity contribution < 1.29 is 9.53 Å². The number of hydrogen-bond donors (Lipinski definition) is 1. The lowest BCUT2D eigenvalue weighted by Crippen LogP contribution is -2.44. The van der Waals surface area contributed by atoms with Crippen molar-refractivity contribution in [1.82, 2.24) is 29.8 Å². The lowest BCUT2D eigenvalue weighted by atomic mass is 10.0. The van der Waals surface area contributed by atoms with Crippen molar-refractivity contribution in [2.75, 3.05) is 39.1 Å². The zero-order chi connectivity index (χ0) is 22.7. The Bertz CT molecular complexity index is 1110. The first-order valence-corrected chi connectivity index (χ1v) is 12.1. The number of rotatable bonds is 7. The van der Waals surface area contributed by atoms with Gasteiger partial charge in [-0.25, -0.2) is 9.50 Å². The van der Waals surface area contributed by atoms with Gasteiger partial charge in [0.25, 0.3) is 5.78 Å². The fraction of sp³-hybridized carbons (Fsp3) is 0.478. The van der Waals surface area contributed by atoms with Gasteiger partial charge in [-0.15, -0.1) is 5.10 Å². The van der Waals surface area contributed by atoms with Crippen molar-refractivity contribution >= 4 is 23.4 Å². The number of hydrogen-bond acceptors (Lipinski definition) is 7. The molecule has 0 radical (unpaired) electrons. The van der Waals surface area contributed by atoms with Crippen LogP contribution in [0.25, 0.3) is 5.78 Å². The third kappa shape index (κ3) is 4.95. The molecule has 8 nitrogen and oxygen atoms in total. The summed E-state index contributed by atoms with van der Waals surface area (Å²) in [6.07, 6.45) is 2.20. The molecule has 4 rings (SSSR count). The summed E-state index contributed by atoms with van der Waals surface area (Å²) in [5.41, 5.74) is 5.04. The van der Waals surface area contributed by atoms with E-state index in [0.717, 1.165) is 43.3 Å². The molecule has 1 unspecified atom stereocenters. The maximum absolute atomic E-state index is 13.0. The number of aryl methyl sites for hydroxylation is 3. The van der Waals surface area contributed by atoms with Crippen LogP contribution in [0.2, 0.25) is 0 Å². The van der Waals surface area contributed by atoms with Gasteiger partial charge in [-0.1, -0.05) is 41.6 Å². The van der Waals surface area contributed by atoms with Crippen LogP contribution in [0.4, 0.5) is 0 Å². The number of thioether (sulfide) groups is 1. The molecule has 32 heavy (non-hydrogen) atoms. The van der Waals surface area contributed by atoms with Crippen molar-refractivity contribution in [3.8, 4) is 0 Å². The molecule has 1 saturated heterocycles. The summed E-state index contributed by atoms with van der Waals surface area (Å²) < 4.78 is 7.26. The van der Waals surface area contributed by atoms with E-state index < -0.39 is 0 Å². The van der Waals surface area contributed by atoms with Gasteiger partial charge in [0.05, 0.1) is 25.7 Å². The van der Waals surface area contributed by atoms with E-state index in [1.54, 1.807) is 4.52 Å². The van der Waals surface area contributed by atoms with E-state index in [4.69, 9.17) is 4.74 Å². The predicted octanol–water partition coefficient (Wildman–Crippen LogP) is 2.50. The van der Waals surface area contributed by atoms with Gasteiger partial charge < -0.3 is 10.1 Å². The largest absolute Gasteiger partial charge is 0.379 e. The SMILES string of the molecule is CSc1nc2nc(C)c(CC(=O)NCC(c3cccc(C)c3)N3CCOCC3)c(C)n2n1.